The van der Waals surface area contributed by atoms with Gasteiger partial charge in [0.25, 0.3) is 5.56 Å². The molecule has 0 aliphatic heterocycles. The summed E-state index contributed by atoms with van der Waals surface area (Å²) in [6.45, 7) is 4.72. The summed E-state index contributed by atoms with van der Waals surface area (Å²) in [6, 6.07) is 5.71. The van der Waals surface area contributed by atoms with Crippen molar-refractivity contribution >= 4 is 23.0 Å². The van der Waals surface area contributed by atoms with Crippen LogP contribution in [-0.4, -0.2) is 32.0 Å². The van der Waals surface area contributed by atoms with Crippen LogP contribution in [0, 0.1) is 0 Å². The monoisotopic (exact) mass is 391 g/mol. The molecule has 0 unspecified atom stereocenters. The van der Waals surface area contributed by atoms with Crippen LogP contribution in [0.5, 0.6) is 0 Å². The van der Waals surface area contributed by atoms with E-state index in [1.807, 2.05) is 18.2 Å². The molecular weight excluding hydrogens is 366 g/mol. The number of hydrogen-bond donors (Lipinski definition) is 1. The van der Waals surface area contributed by atoms with Crippen LogP contribution in [0.3, 0.4) is 0 Å². The second kappa shape index (κ2) is 9.73. The molecule has 0 atom stereocenters. The predicted octanol–water partition coefficient (Wildman–Crippen LogP) is 2.92. The summed E-state index contributed by atoms with van der Waals surface area (Å²) in [5.41, 5.74) is 2.63. The number of nitrogens with zero attached hydrogens (tertiary/aromatic N) is 4. The maximum Gasteiger partial charge on any atom is 0.265 e. The summed E-state index contributed by atoms with van der Waals surface area (Å²) >= 11 is 0. The van der Waals surface area contributed by atoms with Gasteiger partial charge in [-0.25, -0.2) is 15.0 Å². The first-order valence-corrected chi connectivity index (χ1v) is 9.75. The summed E-state index contributed by atoms with van der Waals surface area (Å²) in [7, 11) is 0. The number of unbranched alkanes of at least 4 members (excludes halogenated alkanes) is 1. The molecule has 3 rings (SSSR count). The number of aromatic nitrogens is 4. The number of nitrogens with one attached hydrogen (secondary N) is 1. The van der Waals surface area contributed by atoms with E-state index in [1.54, 1.807) is 12.4 Å². The average molecular weight is 391 g/mol. The van der Waals surface area contributed by atoms with Gasteiger partial charge in [-0.2, -0.15) is 0 Å². The Morgan fingerprint density at radius 3 is 2.76 bits per heavy atom. The van der Waals surface area contributed by atoms with Crippen LogP contribution >= 0.6 is 0 Å². The highest BCUT2D eigenvalue weighted by Gasteiger charge is 2.06. The third kappa shape index (κ3) is 5.57. The van der Waals surface area contributed by atoms with E-state index in [1.165, 1.54) is 29.5 Å². The van der Waals surface area contributed by atoms with Crippen molar-refractivity contribution in [1.29, 1.82) is 0 Å². The zero-order valence-corrected chi connectivity index (χ0v) is 16.7. The maximum atomic E-state index is 12.7. The number of amides is 1. The molecule has 2 aromatic heterocycles. The molecule has 29 heavy (non-hydrogen) atoms. The van der Waals surface area contributed by atoms with Gasteiger partial charge in [0.1, 0.15) is 12.7 Å². The van der Waals surface area contributed by atoms with E-state index in [0.717, 1.165) is 30.4 Å². The Kier molecular flexibility index (Phi) is 6.84. The minimum absolute atomic E-state index is 0.188. The summed E-state index contributed by atoms with van der Waals surface area (Å²) in [4.78, 5) is 37.0. The number of benzene rings is 1. The molecule has 1 amide bonds. The highest BCUT2D eigenvalue weighted by Crippen LogP contribution is 2.17. The molecule has 0 spiro atoms. The quantitative estimate of drug-likeness (QED) is 0.471. The molecule has 1 N–H and O–H groups in total. The fourth-order valence-corrected chi connectivity index (χ4v) is 2.95. The second-order valence-corrected chi connectivity index (χ2v) is 7.20. The van der Waals surface area contributed by atoms with E-state index in [9.17, 15) is 9.59 Å². The molecule has 0 saturated heterocycles. The van der Waals surface area contributed by atoms with E-state index in [0.29, 0.717) is 23.4 Å². The fraction of sp³-hybridized carbons (Fsp3) is 0.318. The van der Waals surface area contributed by atoms with Crippen LogP contribution in [-0.2, 0) is 11.2 Å². The number of hydrogen-bond acceptors (Lipinski definition) is 5. The molecule has 3 aromatic rings. The topological polar surface area (TPSA) is 89.8 Å². The van der Waals surface area contributed by atoms with E-state index in [4.69, 9.17) is 0 Å². The minimum Gasteiger partial charge on any atom is -0.353 e. The first-order valence-electron chi connectivity index (χ1n) is 9.75. The van der Waals surface area contributed by atoms with Gasteiger partial charge in [0.05, 0.1) is 10.9 Å². The van der Waals surface area contributed by atoms with Crippen LogP contribution in [0.2, 0.25) is 0 Å². The zero-order valence-electron chi connectivity index (χ0n) is 16.7. The molecule has 7 nitrogen and oxygen atoms in total. The van der Waals surface area contributed by atoms with Gasteiger partial charge < -0.3 is 5.32 Å². The van der Waals surface area contributed by atoms with Crippen molar-refractivity contribution in [2.45, 2.75) is 39.0 Å². The summed E-state index contributed by atoms with van der Waals surface area (Å²) in [5, 5.41) is 3.38. The van der Waals surface area contributed by atoms with Gasteiger partial charge >= 0.3 is 0 Å². The number of rotatable bonds is 8. The molecule has 1 aromatic carbocycles. The molecule has 0 bridgehead atoms. The first-order chi connectivity index (χ1) is 14.0. The summed E-state index contributed by atoms with van der Waals surface area (Å²) in [5.74, 6) is 0.0826. The van der Waals surface area contributed by atoms with Crippen molar-refractivity contribution in [3.63, 3.8) is 0 Å². The van der Waals surface area contributed by atoms with E-state index < -0.39 is 0 Å². The molecule has 0 saturated carbocycles. The van der Waals surface area contributed by atoms with Crippen LogP contribution in [0.1, 0.15) is 43.7 Å². The Bertz CT molecular complexity index is 1060. The number of fused-ring (bicyclic) bond motifs is 1. The highest BCUT2D eigenvalue weighted by molar-refractivity contribution is 5.90. The van der Waals surface area contributed by atoms with Crippen molar-refractivity contribution in [2.24, 2.45) is 0 Å². The minimum atomic E-state index is -0.240. The highest BCUT2D eigenvalue weighted by atomic mass is 16.1. The van der Waals surface area contributed by atoms with Crippen LogP contribution in [0.4, 0.5) is 0 Å². The van der Waals surface area contributed by atoms with Crippen LogP contribution < -0.4 is 10.9 Å². The van der Waals surface area contributed by atoms with Crippen LogP contribution in [0.25, 0.3) is 17.1 Å². The lowest BCUT2D eigenvalue weighted by molar-refractivity contribution is -0.116. The normalized spacial score (nSPS) is 11.4. The van der Waals surface area contributed by atoms with Gasteiger partial charge in [0.15, 0.2) is 0 Å². The third-order valence-corrected chi connectivity index (χ3v) is 4.67. The molecule has 0 aliphatic rings. The van der Waals surface area contributed by atoms with Gasteiger partial charge in [-0.3, -0.25) is 14.2 Å². The van der Waals surface area contributed by atoms with Crippen molar-refractivity contribution in [1.82, 2.24) is 24.8 Å². The molecule has 150 valence electrons. The lowest BCUT2D eigenvalue weighted by atomic mass is 10.0. The van der Waals surface area contributed by atoms with Crippen molar-refractivity contribution in [3.8, 4) is 0 Å². The molecule has 0 radical (unpaired) electrons. The van der Waals surface area contributed by atoms with Gasteiger partial charge in [0.2, 0.25) is 5.91 Å². The average Bonchev–Trinajstić information content (AvgIpc) is 2.73. The summed E-state index contributed by atoms with van der Waals surface area (Å²) < 4.78 is 1.33. The Labute approximate surface area is 169 Å². The lowest BCUT2D eigenvalue weighted by Gasteiger charge is -2.07. The van der Waals surface area contributed by atoms with Crippen molar-refractivity contribution in [2.75, 3.05) is 6.54 Å². The Balaban J connectivity index is 1.54. The largest absolute Gasteiger partial charge is 0.353 e. The van der Waals surface area contributed by atoms with Gasteiger partial charge in [0, 0.05) is 31.2 Å². The third-order valence-electron chi connectivity index (χ3n) is 4.67. The summed E-state index contributed by atoms with van der Waals surface area (Å²) in [6.07, 6.45) is 12.0. The Morgan fingerprint density at radius 1 is 1.21 bits per heavy atom. The predicted molar refractivity (Wildman–Crippen MR) is 113 cm³/mol. The van der Waals surface area contributed by atoms with Crippen molar-refractivity contribution < 1.29 is 4.79 Å². The van der Waals surface area contributed by atoms with Gasteiger partial charge in [-0.15, -0.1) is 0 Å². The standard InChI is InChI=1S/C22H25N5O2/c1-16(2)18-6-7-20-19(11-18)22(29)27(15-26-20)10-8-21(28)25-9-4-3-5-17-12-23-14-24-13-17/h6-8,10-16H,3-5,9H2,1-2H3,(H,25,28). The Hall–Kier alpha value is -3.35. The number of aryl methyl sites for hydroxylation is 1. The smallest absolute Gasteiger partial charge is 0.265 e. The number of carbonyl (C=O) groups is 1. The lowest BCUT2D eigenvalue weighted by Crippen LogP contribution is -2.23. The molecular formula is C22H25N5O2. The molecule has 7 heteroatoms. The van der Waals surface area contributed by atoms with Crippen molar-refractivity contribution in [3.05, 3.63) is 70.8 Å². The molecule has 2 heterocycles. The fourth-order valence-electron chi connectivity index (χ4n) is 2.95. The van der Waals surface area contributed by atoms with E-state index in [-0.39, 0.29) is 11.5 Å². The number of carbonyl (C=O) groups excluding carboxylic acids is 1. The maximum absolute atomic E-state index is 12.7. The van der Waals surface area contributed by atoms with E-state index in [2.05, 4.69) is 34.1 Å². The molecule has 0 fully saturated rings. The molecule has 0 aliphatic carbocycles. The van der Waals surface area contributed by atoms with Gasteiger partial charge in [-0.05, 0) is 48.4 Å². The van der Waals surface area contributed by atoms with E-state index >= 15 is 0 Å². The zero-order chi connectivity index (χ0) is 20.6. The van der Waals surface area contributed by atoms with Gasteiger partial charge in [-0.1, -0.05) is 19.9 Å². The second-order valence-electron chi connectivity index (χ2n) is 7.20. The Morgan fingerprint density at radius 2 is 2.00 bits per heavy atom. The first kappa shape index (κ1) is 20.4. The van der Waals surface area contributed by atoms with Crippen LogP contribution in [0.15, 0.2) is 54.1 Å². The SMILES string of the molecule is CC(C)c1ccc2ncn(C=CC(=O)NCCCCc3cncnc3)c(=O)c2c1.